The van der Waals surface area contributed by atoms with Crippen LogP contribution >= 0.6 is 0 Å². The lowest BCUT2D eigenvalue weighted by Crippen LogP contribution is -2.33. The number of carbonyl (C=O) groups excluding carboxylic acids is 1. The average molecular weight is 357 g/mol. The van der Waals surface area contributed by atoms with Crippen LogP contribution in [0.5, 0.6) is 0 Å². The van der Waals surface area contributed by atoms with Gasteiger partial charge in [0.05, 0.1) is 5.56 Å². The van der Waals surface area contributed by atoms with Crippen molar-refractivity contribution in [3.05, 3.63) is 82.3 Å². The van der Waals surface area contributed by atoms with Crippen LogP contribution in [0, 0.1) is 0 Å². The van der Waals surface area contributed by atoms with E-state index < -0.39 is 0 Å². The molecule has 2 N–H and O–H groups in total. The first-order valence-electron chi connectivity index (χ1n) is 9.18. The molecule has 1 amide bonds. The first-order valence-corrected chi connectivity index (χ1v) is 9.18. The van der Waals surface area contributed by atoms with Crippen molar-refractivity contribution in [3.63, 3.8) is 0 Å². The molecule has 4 aromatic rings. The van der Waals surface area contributed by atoms with Gasteiger partial charge < -0.3 is 14.9 Å². The molecule has 1 aliphatic rings. The monoisotopic (exact) mass is 357 g/mol. The van der Waals surface area contributed by atoms with E-state index in [0.717, 1.165) is 34.7 Å². The van der Waals surface area contributed by atoms with Gasteiger partial charge in [-0.3, -0.25) is 9.59 Å². The molecule has 1 aliphatic carbocycles. The Bertz CT molecular complexity index is 1220. The number of aromatic nitrogens is 2. The van der Waals surface area contributed by atoms with Gasteiger partial charge >= 0.3 is 0 Å². The Morgan fingerprint density at radius 2 is 1.89 bits per heavy atom. The zero-order valence-corrected chi connectivity index (χ0v) is 14.7. The molecule has 0 saturated heterocycles. The predicted octanol–water partition coefficient (Wildman–Crippen LogP) is 3.81. The van der Waals surface area contributed by atoms with E-state index in [0.29, 0.717) is 17.6 Å². The van der Waals surface area contributed by atoms with Crippen molar-refractivity contribution in [1.29, 1.82) is 0 Å². The summed E-state index contributed by atoms with van der Waals surface area (Å²) in [7, 11) is 0. The Morgan fingerprint density at radius 3 is 2.74 bits per heavy atom. The van der Waals surface area contributed by atoms with Gasteiger partial charge in [0.15, 0.2) is 0 Å². The fourth-order valence-electron chi connectivity index (χ4n) is 3.69. The summed E-state index contributed by atoms with van der Waals surface area (Å²) < 4.78 is 0. The van der Waals surface area contributed by atoms with Crippen LogP contribution in [0.1, 0.15) is 28.8 Å². The molecule has 0 radical (unpaired) electrons. The molecule has 1 saturated carbocycles. The lowest BCUT2D eigenvalue weighted by molar-refractivity contribution is 0.0732. The normalized spacial score (nSPS) is 13.9. The van der Waals surface area contributed by atoms with Crippen molar-refractivity contribution in [1.82, 2.24) is 14.9 Å². The molecule has 27 heavy (non-hydrogen) atoms. The Labute approximate surface area is 155 Å². The molecule has 5 nitrogen and oxygen atoms in total. The Morgan fingerprint density at radius 1 is 1.04 bits per heavy atom. The van der Waals surface area contributed by atoms with Crippen LogP contribution in [0.25, 0.3) is 21.8 Å². The Kier molecular flexibility index (Phi) is 3.60. The molecule has 2 aromatic carbocycles. The number of pyridine rings is 1. The number of carbonyl (C=O) groups is 1. The predicted molar refractivity (Wildman–Crippen MR) is 106 cm³/mol. The summed E-state index contributed by atoms with van der Waals surface area (Å²) in [4.78, 5) is 33.3. The molecule has 134 valence electrons. The number of aromatic amines is 2. The minimum absolute atomic E-state index is 0.0750. The van der Waals surface area contributed by atoms with E-state index >= 15 is 0 Å². The molecule has 2 aromatic heterocycles. The third-order valence-corrected chi connectivity index (χ3v) is 5.20. The van der Waals surface area contributed by atoms with Crippen LogP contribution in [0.4, 0.5) is 0 Å². The Balaban J connectivity index is 1.54. The summed E-state index contributed by atoms with van der Waals surface area (Å²) in [5.74, 6) is -0.0750. The average Bonchev–Trinajstić information content (AvgIpc) is 3.41. The SMILES string of the molecule is O=C(c1cc(=O)[nH]c2ccccc12)N(Cc1ccc2[nH]ccc2c1)C1CC1. The molecule has 0 spiro atoms. The molecule has 0 aliphatic heterocycles. The van der Waals surface area contributed by atoms with Gasteiger partial charge in [0, 0.05) is 41.3 Å². The lowest BCUT2D eigenvalue weighted by atomic mass is 10.1. The molecule has 2 heterocycles. The maximum atomic E-state index is 13.4. The van der Waals surface area contributed by atoms with Crippen molar-refractivity contribution in [3.8, 4) is 0 Å². The van der Waals surface area contributed by atoms with E-state index in [9.17, 15) is 9.59 Å². The van der Waals surface area contributed by atoms with Gasteiger partial charge in [0.25, 0.3) is 5.91 Å². The van der Waals surface area contributed by atoms with Crippen molar-refractivity contribution in [2.75, 3.05) is 0 Å². The number of hydrogen-bond donors (Lipinski definition) is 2. The van der Waals surface area contributed by atoms with Crippen molar-refractivity contribution < 1.29 is 4.79 Å². The topological polar surface area (TPSA) is 69.0 Å². The van der Waals surface area contributed by atoms with E-state index in [2.05, 4.69) is 22.1 Å². The van der Waals surface area contributed by atoms with Crippen LogP contribution in [-0.4, -0.2) is 26.8 Å². The highest BCUT2D eigenvalue weighted by Crippen LogP contribution is 2.31. The van der Waals surface area contributed by atoms with E-state index in [1.807, 2.05) is 47.5 Å². The van der Waals surface area contributed by atoms with Gasteiger partial charge in [-0.25, -0.2) is 0 Å². The van der Waals surface area contributed by atoms with Crippen molar-refractivity contribution >= 4 is 27.7 Å². The summed E-state index contributed by atoms with van der Waals surface area (Å²) in [6.07, 6.45) is 3.94. The summed E-state index contributed by atoms with van der Waals surface area (Å²) in [6.45, 7) is 0.547. The number of para-hydroxylation sites is 1. The number of nitrogens with zero attached hydrogens (tertiary/aromatic N) is 1. The summed E-state index contributed by atoms with van der Waals surface area (Å²) in [5.41, 5.74) is 3.10. The molecule has 0 bridgehead atoms. The van der Waals surface area contributed by atoms with Gasteiger partial charge in [-0.2, -0.15) is 0 Å². The highest BCUT2D eigenvalue weighted by molar-refractivity contribution is 6.06. The number of H-pyrrole nitrogens is 2. The minimum Gasteiger partial charge on any atom is -0.361 e. The van der Waals surface area contributed by atoms with Gasteiger partial charge in [0.2, 0.25) is 5.56 Å². The summed E-state index contributed by atoms with van der Waals surface area (Å²) in [6, 6.07) is 17.4. The van der Waals surface area contributed by atoms with Gasteiger partial charge in [-0.15, -0.1) is 0 Å². The second-order valence-electron chi connectivity index (χ2n) is 7.16. The smallest absolute Gasteiger partial charge is 0.255 e. The zero-order chi connectivity index (χ0) is 18.4. The fourth-order valence-corrected chi connectivity index (χ4v) is 3.69. The number of hydrogen-bond acceptors (Lipinski definition) is 2. The highest BCUT2D eigenvalue weighted by atomic mass is 16.2. The maximum Gasteiger partial charge on any atom is 0.255 e. The lowest BCUT2D eigenvalue weighted by Gasteiger charge is -2.23. The number of nitrogens with one attached hydrogen (secondary N) is 2. The van der Waals surface area contributed by atoms with Gasteiger partial charge in [-0.05, 0) is 48.1 Å². The standard InChI is InChI=1S/C22H19N3O2/c26-21-12-18(17-3-1-2-4-20(17)24-21)22(27)25(16-6-7-16)13-14-5-8-19-15(11-14)9-10-23-19/h1-5,8-12,16,23H,6-7,13H2,(H,24,26). The molecule has 1 fully saturated rings. The third kappa shape index (κ3) is 2.91. The Hall–Kier alpha value is -3.34. The van der Waals surface area contributed by atoms with E-state index in [-0.39, 0.29) is 17.5 Å². The molecule has 5 heteroatoms. The van der Waals surface area contributed by atoms with Crippen LogP contribution in [0.3, 0.4) is 0 Å². The molecular formula is C22H19N3O2. The quantitative estimate of drug-likeness (QED) is 0.583. The molecule has 5 rings (SSSR count). The minimum atomic E-state index is -0.249. The van der Waals surface area contributed by atoms with Crippen LogP contribution < -0.4 is 5.56 Å². The number of rotatable bonds is 4. The van der Waals surface area contributed by atoms with E-state index in [1.54, 1.807) is 0 Å². The largest absolute Gasteiger partial charge is 0.361 e. The second kappa shape index (κ2) is 6.13. The van der Waals surface area contributed by atoms with E-state index in [4.69, 9.17) is 0 Å². The third-order valence-electron chi connectivity index (χ3n) is 5.20. The van der Waals surface area contributed by atoms with E-state index in [1.165, 1.54) is 6.07 Å². The second-order valence-corrected chi connectivity index (χ2v) is 7.16. The number of amides is 1. The first kappa shape index (κ1) is 15.9. The van der Waals surface area contributed by atoms with Crippen LogP contribution in [0.2, 0.25) is 0 Å². The molecule has 0 atom stereocenters. The van der Waals surface area contributed by atoms with Crippen LogP contribution in [-0.2, 0) is 6.54 Å². The summed E-state index contributed by atoms with van der Waals surface area (Å²) >= 11 is 0. The molecule has 0 unspecified atom stereocenters. The van der Waals surface area contributed by atoms with Gasteiger partial charge in [-0.1, -0.05) is 24.3 Å². The highest BCUT2D eigenvalue weighted by Gasteiger charge is 2.33. The van der Waals surface area contributed by atoms with Crippen LogP contribution in [0.15, 0.2) is 65.6 Å². The van der Waals surface area contributed by atoms with Crippen molar-refractivity contribution in [2.45, 2.75) is 25.4 Å². The number of fused-ring (bicyclic) bond motifs is 2. The summed E-state index contributed by atoms with van der Waals surface area (Å²) in [5, 5.41) is 1.92. The zero-order valence-electron chi connectivity index (χ0n) is 14.7. The fraction of sp³-hybridized carbons (Fsp3) is 0.182. The van der Waals surface area contributed by atoms with Crippen molar-refractivity contribution in [2.24, 2.45) is 0 Å². The maximum absolute atomic E-state index is 13.4. The number of benzene rings is 2. The van der Waals surface area contributed by atoms with Gasteiger partial charge in [0.1, 0.15) is 0 Å². The molecular weight excluding hydrogens is 338 g/mol. The first-order chi connectivity index (χ1) is 13.2.